The summed E-state index contributed by atoms with van der Waals surface area (Å²) in [4.78, 5) is 4.92. The molecule has 2 heterocycles. The quantitative estimate of drug-likeness (QED) is 0.514. The number of hydrogen-bond acceptors (Lipinski definition) is 5. The number of phenols is 1. The SMILES string of the molecule is Cl.Cl.Oc1ccc2c3c1O[C@H]1C(N(CCCl)CCCl)CC[C@]4(O)[C@@H](C2)N(CC2CC2)CC[C@]314. The average Bonchev–Trinajstić information content (AvgIpc) is 3.49. The van der Waals surface area contributed by atoms with Crippen molar-refractivity contribution in [2.75, 3.05) is 37.9 Å². The summed E-state index contributed by atoms with van der Waals surface area (Å²) in [6, 6.07) is 4.09. The highest BCUT2D eigenvalue weighted by Gasteiger charge is 2.73. The number of rotatable bonds is 7. The van der Waals surface area contributed by atoms with Gasteiger partial charge in [0.15, 0.2) is 11.5 Å². The van der Waals surface area contributed by atoms with Crippen LogP contribution in [0, 0.1) is 5.92 Å². The molecule has 1 aromatic carbocycles. The first-order valence-corrected chi connectivity index (χ1v) is 12.9. The Morgan fingerprint density at radius 3 is 2.48 bits per heavy atom. The topological polar surface area (TPSA) is 56.2 Å². The molecule has 3 aliphatic carbocycles. The van der Waals surface area contributed by atoms with Gasteiger partial charge in [-0.15, -0.1) is 48.0 Å². The second kappa shape index (κ2) is 9.38. The molecule has 5 nitrogen and oxygen atoms in total. The zero-order valence-electron chi connectivity index (χ0n) is 18.7. The second-order valence-corrected chi connectivity index (χ2v) is 11.1. The van der Waals surface area contributed by atoms with Gasteiger partial charge in [0.1, 0.15) is 6.10 Å². The molecule has 0 aromatic heterocycles. The molecule has 1 unspecified atom stereocenters. The van der Waals surface area contributed by atoms with Crippen molar-refractivity contribution in [2.45, 2.75) is 67.7 Å². The van der Waals surface area contributed by atoms with Crippen molar-refractivity contribution in [3.05, 3.63) is 23.3 Å². The number of hydrogen-bond donors (Lipinski definition) is 2. The Morgan fingerprint density at radius 1 is 1.09 bits per heavy atom. The highest BCUT2D eigenvalue weighted by Crippen LogP contribution is 2.66. The van der Waals surface area contributed by atoms with Gasteiger partial charge in [-0.2, -0.15) is 0 Å². The van der Waals surface area contributed by atoms with E-state index in [0.29, 0.717) is 17.5 Å². The van der Waals surface area contributed by atoms with E-state index in [1.165, 1.54) is 18.4 Å². The van der Waals surface area contributed by atoms with Crippen LogP contribution in [-0.2, 0) is 11.8 Å². The van der Waals surface area contributed by atoms with Gasteiger partial charge in [-0.3, -0.25) is 9.80 Å². The van der Waals surface area contributed by atoms with Crippen LogP contribution in [0.3, 0.4) is 0 Å². The van der Waals surface area contributed by atoms with E-state index in [1.54, 1.807) is 6.07 Å². The lowest BCUT2D eigenvalue weighted by Gasteiger charge is -2.65. The molecular formula is C24H34Cl4N2O3. The van der Waals surface area contributed by atoms with E-state index in [4.69, 9.17) is 27.9 Å². The number of ether oxygens (including phenoxy) is 1. The first kappa shape index (κ1) is 25.9. The molecule has 186 valence electrons. The highest BCUT2D eigenvalue weighted by atomic mass is 35.5. The normalized spacial score (nSPS) is 35.9. The number of aromatic hydroxyl groups is 1. The van der Waals surface area contributed by atoms with E-state index in [9.17, 15) is 10.2 Å². The lowest BCUT2D eigenvalue weighted by molar-refractivity contribution is -0.200. The molecule has 5 aliphatic rings. The van der Waals surface area contributed by atoms with Crippen molar-refractivity contribution in [3.63, 3.8) is 0 Å². The van der Waals surface area contributed by atoms with Crippen LogP contribution in [0.4, 0.5) is 0 Å². The second-order valence-electron chi connectivity index (χ2n) is 10.3. The Hall–Kier alpha value is -0.140. The smallest absolute Gasteiger partial charge is 0.165 e. The van der Waals surface area contributed by atoms with Gasteiger partial charge in [0.05, 0.1) is 11.0 Å². The number of piperidine rings is 1. The molecule has 0 radical (unpaired) electrons. The Kier molecular flexibility index (Phi) is 7.38. The molecule has 1 spiro atoms. The van der Waals surface area contributed by atoms with E-state index >= 15 is 0 Å². The number of phenolic OH excluding ortho intramolecular Hbond substituents is 1. The third kappa shape index (κ3) is 3.60. The first-order valence-electron chi connectivity index (χ1n) is 11.9. The minimum absolute atomic E-state index is 0. The van der Waals surface area contributed by atoms with E-state index in [1.807, 2.05) is 0 Å². The Bertz CT molecular complexity index is 882. The van der Waals surface area contributed by atoms with Crippen molar-refractivity contribution in [3.8, 4) is 11.5 Å². The summed E-state index contributed by atoms with van der Waals surface area (Å²) in [5.41, 5.74) is 1.02. The molecule has 5 atom stereocenters. The monoisotopic (exact) mass is 538 g/mol. The predicted molar refractivity (Wildman–Crippen MR) is 136 cm³/mol. The van der Waals surface area contributed by atoms with E-state index in [0.717, 1.165) is 63.3 Å². The molecule has 2 N–H and O–H groups in total. The van der Waals surface area contributed by atoms with Gasteiger partial charge in [-0.05, 0) is 62.6 Å². The molecule has 9 heteroatoms. The van der Waals surface area contributed by atoms with Crippen LogP contribution >= 0.6 is 48.0 Å². The summed E-state index contributed by atoms with van der Waals surface area (Å²) in [5, 5.41) is 23.2. The summed E-state index contributed by atoms with van der Waals surface area (Å²) >= 11 is 12.3. The minimum Gasteiger partial charge on any atom is -0.504 e. The molecule has 3 fully saturated rings. The lowest BCUT2D eigenvalue weighted by Crippen LogP contribution is -2.78. The van der Waals surface area contributed by atoms with Gasteiger partial charge in [-0.1, -0.05) is 6.07 Å². The molecular weight excluding hydrogens is 506 g/mol. The van der Waals surface area contributed by atoms with Gasteiger partial charge < -0.3 is 14.9 Å². The van der Waals surface area contributed by atoms with Crippen LogP contribution in [0.25, 0.3) is 0 Å². The summed E-state index contributed by atoms with van der Waals surface area (Å²) in [5.74, 6) is 2.68. The zero-order valence-corrected chi connectivity index (χ0v) is 21.9. The van der Waals surface area contributed by atoms with Crippen LogP contribution in [0.2, 0.25) is 0 Å². The highest BCUT2D eigenvalue weighted by molar-refractivity contribution is 6.18. The fraction of sp³-hybridized carbons (Fsp3) is 0.750. The van der Waals surface area contributed by atoms with E-state index in [-0.39, 0.29) is 48.8 Å². The molecule has 6 rings (SSSR count). The number of halogens is 4. The van der Waals surface area contributed by atoms with Crippen LogP contribution < -0.4 is 4.74 Å². The Morgan fingerprint density at radius 2 is 1.82 bits per heavy atom. The third-order valence-electron chi connectivity index (χ3n) is 8.94. The van der Waals surface area contributed by atoms with Crippen LogP contribution in [-0.4, -0.2) is 81.7 Å². The fourth-order valence-corrected chi connectivity index (χ4v) is 7.92. The zero-order chi connectivity index (χ0) is 21.4. The standard InChI is InChI=1S/C24H32Cl2N2O3.2ClH/c25-8-11-27(12-9-26)17-5-6-24(30)19-13-16-3-4-18(29)21-20(16)23(24,22(17)31-21)7-10-28(19)14-15-1-2-15;;/h3-4,15,17,19,22,29-30H,1-2,5-14H2;2*1H/t17?,19-,22+,23+,24+;;/m1../s1. The molecule has 1 saturated heterocycles. The third-order valence-corrected chi connectivity index (χ3v) is 9.28. The van der Waals surface area contributed by atoms with Crippen molar-refractivity contribution in [2.24, 2.45) is 5.92 Å². The minimum atomic E-state index is -0.832. The summed E-state index contributed by atoms with van der Waals surface area (Å²) in [6.45, 7) is 3.58. The number of aliphatic hydroxyl groups is 1. The van der Waals surface area contributed by atoms with Gasteiger partial charge in [0, 0.05) is 49.0 Å². The van der Waals surface area contributed by atoms with Gasteiger partial charge in [0.2, 0.25) is 0 Å². The molecule has 33 heavy (non-hydrogen) atoms. The molecule has 2 bridgehead atoms. The van der Waals surface area contributed by atoms with Crippen LogP contribution in [0.1, 0.15) is 43.2 Å². The summed E-state index contributed by atoms with van der Waals surface area (Å²) < 4.78 is 6.63. The largest absolute Gasteiger partial charge is 0.504 e. The summed E-state index contributed by atoms with van der Waals surface area (Å²) in [6.07, 6.45) is 5.76. The first-order chi connectivity index (χ1) is 15.0. The van der Waals surface area contributed by atoms with Crippen molar-refractivity contribution in [1.29, 1.82) is 0 Å². The lowest BCUT2D eigenvalue weighted by atomic mass is 9.48. The van der Waals surface area contributed by atoms with Crippen molar-refractivity contribution < 1.29 is 14.9 Å². The molecule has 0 amide bonds. The van der Waals surface area contributed by atoms with Gasteiger partial charge in [0.25, 0.3) is 0 Å². The summed E-state index contributed by atoms with van der Waals surface area (Å²) in [7, 11) is 0. The van der Waals surface area contributed by atoms with Gasteiger partial charge in [-0.25, -0.2) is 0 Å². The van der Waals surface area contributed by atoms with Crippen LogP contribution in [0.5, 0.6) is 11.5 Å². The maximum Gasteiger partial charge on any atom is 0.165 e. The fourth-order valence-electron chi connectivity index (χ4n) is 7.49. The molecule has 1 aromatic rings. The number of benzene rings is 1. The number of likely N-dealkylation sites (tertiary alicyclic amines) is 1. The number of alkyl halides is 2. The maximum atomic E-state index is 12.5. The van der Waals surface area contributed by atoms with Crippen molar-refractivity contribution in [1.82, 2.24) is 9.80 Å². The molecule has 2 saturated carbocycles. The maximum absolute atomic E-state index is 12.5. The van der Waals surface area contributed by atoms with Gasteiger partial charge >= 0.3 is 0 Å². The van der Waals surface area contributed by atoms with E-state index in [2.05, 4.69) is 15.9 Å². The predicted octanol–water partition coefficient (Wildman–Crippen LogP) is 3.95. The Labute approximate surface area is 218 Å². The Balaban J connectivity index is 0.00000130. The van der Waals surface area contributed by atoms with Crippen molar-refractivity contribution >= 4 is 48.0 Å². The van der Waals surface area contributed by atoms with E-state index < -0.39 is 11.0 Å². The van der Waals surface area contributed by atoms with Crippen LogP contribution in [0.15, 0.2) is 12.1 Å². The number of nitrogens with zero attached hydrogens (tertiary/aromatic N) is 2. The average molecular weight is 540 g/mol. The molecule has 2 aliphatic heterocycles.